The fourth-order valence-electron chi connectivity index (χ4n) is 1.62. The number of carbonyl (C=O) groups is 2. The molecule has 0 rings (SSSR count). The number of aliphatic carboxylic acids is 1. The number of carbonyl (C=O) groups excluding carboxylic acids is 1. The van der Waals surface area contributed by atoms with Crippen molar-refractivity contribution < 1.29 is 14.7 Å². The first-order valence-electron chi connectivity index (χ1n) is 5.91. The molecule has 17 heavy (non-hydrogen) atoms. The molecule has 0 aromatic rings. The van der Waals surface area contributed by atoms with Crippen LogP contribution < -0.4 is 5.32 Å². The van der Waals surface area contributed by atoms with Crippen LogP contribution >= 0.6 is 0 Å². The van der Waals surface area contributed by atoms with Crippen LogP contribution in [0.2, 0.25) is 0 Å². The Morgan fingerprint density at radius 1 is 1.29 bits per heavy atom. The Kier molecular flexibility index (Phi) is 6.54. The van der Waals surface area contributed by atoms with Crippen molar-refractivity contribution in [3.63, 3.8) is 0 Å². The summed E-state index contributed by atoms with van der Waals surface area (Å²) >= 11 is 0. The molecule has 0 aromatic heterocycles. The van der Waals surface area contributed by atoms with Crippen molar-refractivity contribution in [2.45, 2.75) is 46.6 Å². The lowest BCUT2D eigenvalue weighted by atomic mass is 10.00. The highest BCUT2D eigenvalue weighted by atomic mass is 16.4. The van der Waals surface area contributed by atoms with Crippen molar-refractivity contribution in [2.75, 3.05) is 0 Å². The van der Waals surface area contributed by atoms with Crippen LogP contribution in [-0.4, -0.2) is 23.0 Å². The molecule has 0 saturated heterocycles. The summed E-state index contributed by atoms with van der Waals surface area (Å²) < 4.78 is 0. The Bertz CT molecular complexity index is 297. The van der Waals surface area contributed by atoms with Gasteiger partial charge in [-0.25, -0.2) is 4.79 Å². The molecule has 2 N–H and O–H groups in total. The monoisotopic (exact) mass is 241 g/mol. The highest BCUT2D eigenvalue weighted by molar-refractivity contribution is 5.84. The molecule has 0 bridgehead atoms. The fourth-order valence-corrected chi connectivity index (χ4v) is 1.62. The molecule has 0 aromatic carbocycles. The summed E-state index contributed by atoms with van der Waals surface area (Å²) in [6.07, 6.45) is 1.03. The number of rotatable bonds is 7. The predicted octanol–water partition coefficient (Wildman–Crippen LogP) is 2.20. The van der Waals surface area contributed by atoms with E-state index in [1.54, 1.807) is 6.92 Å². The van der Waals surface area contributed by atoms with Crippen molar-refractivity contribution in [1.82, 2.24) is 5.32 Å². The van der Waals surface area contributed by atoms with E-state index in [1.807, 2.05) is 20.8 Å². The summed E-state index contributed by atoms with van der Waals surface area (Å²) in [5, 5.41) is 11.6. The van der Waals surface area contributed by atoms with Crippen LogP contribution in [-0.2, 0) is 9.59 Å². The highest BCUT2D eigenvalue weighted by Gasteiger charge is 2.23. The molecule has 0 aliphatic rings. The minimum absolute atomic E-state index is 0.221. The molecule has 0 fully saturated rings. The van der Waals surface area contributed by atoms with Gasteiger partial charge in [0.1, 0.15) is 6.04 Å². The highest BCUT2D eigenvalue weighted by Crippen LogP contribution is 2.11. The number of carboxylic acid groups (broad SMARTS) is 1. The van der Waals surface area contributed by atoms with Crippen LogP contribution in [0.15, 0.2) is 12.2 Å². The molecule has 0 aliphatic heterocycles. The number of carboxylic acids is 1. The van der Waals surface area contributed by atoms with Crippen LogP contribution in [0.4, 0.5) is 0 Å². The Hall–Kier alpha value is -1.32. The third-order valence-corrected chi connectivity index (χ3v) is 2.42. The SMILES string of the molecule is C=C(C)CC(C)C(=O)N[C@H](CC(C)C)C(=O)O. The van der Waals surface area contributed by atoms with Crippen LogP contribution in [0.25, 0.3) is 0 Å². The molecule has 4 nitrogen and oxygen atoms in total. The van der Waals surface area contributed by atoms with Crippen LogP contribution in [0.3, 0.4) is 0 Å². The van der Waals surface area contributed by atoms with Crippen LogP contribution in [0.1, 0.15) is 40.5 Å². The minimum atomic E-state index is -0.977. The molecule has 0 heterocycles. The van der Waals surface area contributed by atoms with Gasteiger partial charge in [-0.2, -0.15) is 0 Å². The molecule has 1 amide bonds. The first-order chi connectivity index (χ1) is 7.73. The van der Waals surface area contributed by atoms with Crippen LogP contribution in [0.5, 0.6) is 0 Å². The third-order valence-electron chi connectivity index (χ3n) is 2.42. The summed E-state index contributed by atoms with van der Waals surface area (Å²) in [7, 11) is 0. The molecule has 0 aliphatic carbocycles. The second kappa shape index (κ2) is 7.09. The normalized spacial score (nSPS) is 14.2. The molecule has 98 valence electrons. The zero-order valence-electron chi connectivity index (χ0n) is 11.1. The molecule has 0 saturated carbocycles. The van der Waals surface area contributed by atoms with Gasteiger partial charge in [0.15, 0.2) is 0 Å². The number of nitrogens with one attached hydrogen (secondary N) is 1. The molecule has 2 atom stereocenters. The average Bonchev–Trinajstić information content (AvgIpc) is 2.14. The lowest BCUT2D eigenvalue weighted by Gasteiger charge is -2.19. The van der Waals surface area contributed by atoms with Gasteiger partial charge >= 0.3 is 5.97 Å². The Balaban J connectivity index is 4.39. The van der Waals surface area contributed by atoms with E-state index in [2.05, 4.69) is 11.9 Å². The largest absolute Gasteiger partial charge is 0.480 e. The molecule has 1 unspecified atom stereocenters. The van der Waals surface area contributed by atoms with Crippen molar-refractivity contribution in [2.24, 2.45) is 11.8 Å². The van der Waals surface area contributed by atoms with Gasteiger partial charge in [0.25, 0.3) is 0 Å². The van der Waals surface area contributed by atoms with E-state index in [0.717, 1.165) is 5.57 Å². The van der Waals surface area contributed by atoms with Gasteiger partial charge in [0, 0.05) is 5.92 Å². The lowest BCUT2D eigenvalue weighted by Crippen LogP contribution is -2.43. The van der Waals surface area contributed by atoms with E-state index in [0.29, 0.717) is 12.8 Å². The lowest BCUT2D eigenvalue weighted by molar-refractivity contribution is -0.142. The maximum atomic E-state index is 11.8. The molecule has 0 spiro atoms. The Labute approximate surface area is 103 Å². The number of hydrogen-bond donors (Lipinski definition) is 2. The predicted molar refractivity (Wildman–Crippen MR) is 67.6 cm³/mol. The van der Waals surface area contributed by atoms with Gasteiger partial charge in [-0.1, -0.05) is 26.3 Å². The maximum Gasteiger partial charge on any atom is 0.326 e. The summed E-state index contributed by atoms with van der Waals surface area (Å²) in [6, 6.07) is -0.796. The summed E-state index contributed by atoms with van der Waals surface area (Å²) in [5.41, 5.74) is 0.920. The Morgan fingerprint density at radius 2 is 1.82 bits per heavy atom. The quantitative estimate of drug-likeness (QED) is 0.671. The minimum Gasteiger partial charge on any atom is -0.480 e. The fraction of sp³-hybridized carbons (Fsp3) is 0.692. The number of amides is 1. The zero-order chi connectivity index (χ0) is 13.6. The maximum absolute atomic E-state index is 11.8. The van der Waals surface area contributed by atoms with Gasteiger partial charge in [-0.15, -0.1) is 6.58 Å². The molecular formula is C13H23NO3. The van der Waals surface area contributed by atoms with E-state index < -0.39 is 12.0 Å². The zero-order valence-corrected chi connectivity index (χ0v) is 11.1. The Morgan fingerprint density at radius 3 is 2.18 bits per heavy atom. The summed E-state index contributed by atoms with van der Waals surface area (Å²) in [4.78, 5) is 22.7. The third kappa shape index (κ3) is 6.76. The molecule has 0 radical (unpaired) electrons. The van der Waals surface area contributed by atoms with E-state index in [1.165, 1.54) is 0 Å². The number of allylic oxidation sites excluding steroid dienone is 1. The number of hydrogen-bond acceptors (Lipinski definition) is 2. The van der Waals surface area contributed by atoms with Gasteiger partial charge in [0.05, 0.1) is 0 Å². The van der Waals surface area contributed by atoms with E-state index >= 15 is 0 Å². The van der Waals surface area contributed by atoms with Gasteiger partial charge in [-0.3, -0.25) is 4.79 Å². The van der Waals surface area contributed by atoms with E-state index in [9.17, 15) is 9.59 Å². The van der Waals surface area contributed by atoms with E-state index in [4.69, 9.17) is 5.11 Å². The summed E-state index contributed by atoms with van der Waals surface area (Å²) in [5.74, 6) is -1.20. The second-order valence-electron chi connectivity index (χ2n) is 5.09. The van der Waals surface area contributed by atoms with Crippen LogP contribution in [0, 0.1) is 11.8 Å². The molecular weight excluding hydrogens is 218 g/mol. The topological polar surface area (TPSA) is 66.4 Å². The smallest absolute Gasteiger partial charge is 0.326 e. The van der Waals surface area contributed by atoms with Gasteiger partial charge in [-0.05, 0) is 25.7 Å². The van der Waals surface area contributed by atoms with Gasteiger partial charge in [0.2, 0.25) is 5.91 Å². The first-order valence-corrected chi connectivity index (χ1v) is 5.91. The molecule has 4 heteroatoms. The first kappa shape index (κ1) is 15.7. The van der Waals surface area contributed by atoms with Crippen molar-refractivity contribution in [3.05, 3.63) is 12.2 Å². The van der Waals surface area contributed by atoms with Crippen molar-refractivity contribution >= 4 is 11.9 Å². The summed E-state index contributed by atoms with van der Waals surface area (Å²) in [6.45, 7) is 11.2. The average molecular weight is 241 g/mol. The second-order valence-corrected chi connectivity index (χ2v) is 5.09. The van der Waals surface area contributed by atoms with Crippen molar-refractivity contribution in [3.8, 4) is 0 Å². The van der Waals surface area contributed by atoms with E-state index in [-0.39, 0.29) is 17.7 Å². The standard InChI is InChI=1S/C13H23NO3/c1-8(2)6-10(5)12(15)14-11(13(16)17)7-9(3)4/h9-11H,1,6-7H2,2-5H3,(H,14,15)(H,16,17)/t10?,11-/m1/s1. The van der Waals surface area contributed by atoms with Crippen molar-refractivity contribution in [1.29, 1.82) is 0 Å². The van der Waals surface area contributed by atoms with Gasteiger partial charge < -0.3 is 10.4 Å².